The number of urea groups is 1. The molecular formula is C12H22N4O2. The van der Waals surface area contributed by atoms with Crippen molar-refractivity contribution in [2.75, 3.05) is 7.05 Å². The lowest BCUT2D eigenvalue weighted by Crippen LogP contribution is -2.47. The fourth-order valence-corrected chi connectivity index (χ4v) is 1.90. The molecule has 1 aromatic rings. The molecule has 0 unspecified atom stereocenters. The van der Waals surface area contributed by atoms with Gasteiger partial charge in [-0.3, -0.25) is 0 Å². The van der Waals surface area contributed by atoms with Crippen molar-refractivity contribution in [3.8, 4) is 0 Å². The van der Waals surface area contributed by atoms with Crippen LogP contribution in [0.4, 0.5) is 4.79 Å². The van der Waals surface area contributed by atoms with Crippen molar-refractivity contribution in [3.05, 3.63) is 12.2 Å². The Balaban J connectivity index is 2.53. The highest BCUT2D eigenvalue weighted by molar-refractivity contribution is 5.74. The quantitative estimate of drug-likeness (QED) is 0.871. The van der Waals surface area contributed by atoms with E-state index in [1.807, 2.05) is 0 Å². The van der Waals surface area contributed by atoms with Crippen molar-refractivity contribution in [2.24, 2.45) is 11.8 Å². The van der Waals surface area contributed by atoms with Crippen LogP contribution in [0.5, 0.6) is 0 Å². The molecular weight excluding hydrogens is 232 g/mol. The zero-order valence-corrected chi connectivity index (χ0v) is 11.7. The van der Waals surface area contributed by atoms with Gasteiger partial charge < -0.3 is 14.7 Å². The van der Waals surface area contributed by atoms with Gasteiger partial charge in [0.2, 0.25) is 6.39 Å². The summed E-state index contributed by atoms with van der Waals surface area (Å²) in [5.41, 5.74) is 0. The normalized spacial score (nSPS) is 11.3. The van der Waals surface area contributed by atoms with E-state index in [-0.39, 0.29) is 12.1 Å². The molecule has 0 atom stereocenters. The molecule has 0 radical (unpaired) electrons. The van der Waals surface area contributed by atoms with Crippen LogP contribution in [-0.2, 0) is 6.54 Å². The highest BCUT2D eigenvalue weighted by atomic mass is 16.5. The second kappa shape index (κ2) is 6.37. The lowest BCUT2D eigenvalue weighted by molar-refractivity contribution is 0.190. The van der Waals surface area contributed by atoms with Crippen molar-refractivity contribution in [1.29, 1.82) is 0 Å². The van der Waals surface area contributed by atoms with E-state index in [0.717, 1.165) is 0 Å². The van der Waals surface area contributed by atoms with E-state index < -0.39 is 0 Å². The van der Waals surface area contributed by atoms with Crippen LogP contribution in [0.1, 0.15) is 33.5 Å². The fraction of sp³-hybridized carbons (Fsp3) is 0.750. The van der Waals surface area contributed by atoms with E-state index >= 15 is 0 Å². The Morgan fingerprint density at radius 2 is 2.00 bits per heavy atom. The summed E-state index contributed by atoms with van der Waals surface area (Å²) in [5.74, 6) is 1.29. The number of nitrogens with one attached hydrogen (secondary N) is 1. The molecule has 0 aliphatic carbocycles. The molecule has 6 heteroatoms. The minimum Gasteiger partial charge on any atom is -0.343 e. The summed E-state index contributed by atoms with van der Waals surface area (Å²) < 4.78 is 4.63. The molecule has 102 valence electrons. The van der Waals surface area contributed by atoms with Crippen molar-refractivity contribution in [3.63, 3.8) is 0 Å². The largest absolute Gasteiger partial charge is 0.343 e. The summed E-state index contributed by atoms with van der Waals surface area (Å²) >= 11 is 0. The monoisotopic (exact) mass is 254 g/mol. The first-order valence-corrected chi connectivity index (χ1v) is 6.18. The molecule has 0 spiro atoms. The van der Waals surface area contributed by atoms with E-state index in [1.54, 1.807) is 11.9 Å². The van der Waals surface area contributed by atoms with Gasteiger partial charge in [-0.2, -0.15) is 4.98 Å². The second-order valence-electron chi connectivity index (χ2n) is 5.17. The third-order valence-corrected chi connectivity index (χ3v) is 2.86. The van der Waals surface area contributed by atoms with Crippen molar-refractivity contribution < 1.29 is 9.32 Å². The third kappa shape index (κ3) is 4.01. The van der Waals surface area contributed by atoms with Gasteiger partial charge in [0.25, 0.3) is 0 Å². The Labute approximate surface area is 108 Å². The SMILES string of the molecule is CC(C)C(NC(=O)N(C)Cc1ncon1)C(C)C. The summed E-state index contributed by atoms with van der Waals surface area (Å²) in [6.07, 6.45) is 1.26. The molecule has 0 saturated heterocycles. The summed E-state index contributed by atoms with van der Waals surface area (Å²) in [5, 5.41) is 6.71. The Bertz CT molecular complexity index is 354. The summed E-state index contributed by atoms with van der Waals surface area (Å²) in [6, 6.07) is 0.0393. The zero-order chi connectivity index (χ0) is 13.7. The molecule has 1 aromatic heterocycles. The summed E-state index contributed by atoms with van der Waals surface area (Å²) in [4.78, 5) is 17.5. The van der Waals surface area contributed by atoms with Gasteiger partial charge in [-0.25, -0.2) is 4.79 Å². The molecule has 1 N–H and O–H groups in total. The minimum atomic E-state index is -0.118. The van der Waals surface area contributed by atoms with E-state index in [1.165, 1.54) is 6.39 Å². The van der Waals surface area contributed by atoms with Gasteiger partial charge in [-0.05, 0) is 11.8 Å². The van der Waals surface area contributed by atoms with Crippen LogP contribution in [0.2, 0.25) is 0 Å². The molecule has 1 rings (SSSR count). The highest BCUT2D eigenvalue weighted by Crippen LogP contribution is 2.12. The number of nitrogens with zero attached hydrogens (tertiary/aromatic N) is 3. The number of carbonyl (C=O) groups is 1. The first kappa shape index (κ1) is 14.5. The molecule has 0 fully saturated rings. The Morgan fingerprint density at radius 1 is 1.39 bits per heavy atom. The standard InChI is InChI=1S/C12H22N4O2/c1-8(2)11(9(3)4)14-12(17)16(5)6-10-13-7-18-15-10/h7-9,11H,6H2,1-5H3,(H,14,17). The number of rotatable bonds is 5. The van der Waals surface area contributed by atoms with Gasteiger partial charge in [0.05, 0.1) is 6.54 Å². The molecule has 0 bridgehead atoms. The average Bonchev–Trinajstić information content (AvgIpc) is 2.77. The summed E-state index contributed by atoms with van der Waals surface area (Å²) in [6.45, 7) is 8.74. The first-order valence-electron chi connectivity index (χ1n) is 6.18. The van der Waals surface area contributed by atoms with Crippen LogP contribution >= 0.6 is 0 Å². The van der Waals surface area contributed by atoms with Crippen LogP contribution in [-0.4, -0.2) is 34.2 Å². The van der Waals surface area contributed by atoms with Gasteiger partial charge in [-0.15, -0.1) is 0 Å². The molecule has 2 amide bonds. The lowest BCUT2D eigenvalue weighted by Gasteiger charge is -2.28. The molecule has 1 heterocycles. The van der Waals surface area contributed by atoms with Gasteiger partial charge >= 0.3 is 6.03 Å². The molecule has 0 saturated carbocycles. The zero-order valence-electron chi connectivity index (χ0n) is 11.7. The van der Waals surface area contributed by atoms with E-state index in [4.69, 9.17) is 0 Å². The average molecular weight is 254 g/mol. The van der Waals surface area contributed by atoms with Crippen LogP contribution in [0, 0.1) is 11.8 Å². The smallest absolute Gasteiger partial charge is 0.317 e. The van der Waals surface area contributed by atoms with E-state index in [2.05, 4.69) is 47.7 Å². The van der Waals surface area contributed by atoms with Gasteiger partial charge in [0, 0.05) is 13.1 Å². The maximum atomic E-state index is 12.0. The molecule has 0 aliphatic heterocycles. The highest BCUT2D eigenvalue weighted by Gasteiger charge is 2.21. The number of carbonyl (C=O) groups excluding carboxylic acids is 1. The Hall–Kier alpha value is -1.59. The number of aromatic nitrogens is 2. The van der Waals surface area contributed by atoms with Crippen molar-refractivity contribution >= 4 is 6.03 Å². The van der Waals surface area contributed by atoms with E-state index in [0.29, 0.717) is 24.2 Å². The minimum absolute atomic E-state index is 0.118. The maximum Gasteiger partial charge on any atom is 0.317 e. The molecule has 6 nitrogen and oxygen atoms in total. The Morgan fingerprint density at radius 3 is 2.44 bits per heavy atom. The number of hydrogen-bond acceptors (Lipinski definition) is 4. The topological polar surface area (TPSA) is 71.3 Å². The Kier molecular flexibility index (Phi) is 5.12. The van der Waals surface area contributed by atoms with Gasteiger partial charge in [0.15, 0.2) is 5.82 Å². The predicted molar refractivity (Wildman–Crippen MR) is 67.8 cm³/mol. The first-order chi connectivity index (χ1) is 8.41. The molecule has 0 aliphatic rings. The van der Waals surface area contributed by atoms with Gasteiger partial charge in [-0.1, -0.05) is 32.9 Å². The number of hydrogen-bond donors (Lipinski definition) is 1. The predicted octanol–water partition coefficient (Wildman–Crippen LogP) is 1.89. The van der Waals surface area contributed by atoms with Crippen molar-refractivity contribution in [2.45, 2.75) is 40.3 Å². The van der Waals surface area contributed by atoms with Crippen LogP contribution in [0.3, 0.4) is 0 Å². The van der Waals surface area contributed by atoms with Gasteiger partial charge in [0.1, 0.15) is 0 Å². The van der Waals surface area contributed by atoms with E-state index in [9.17, 15) is 4.79 Å². The maximum absolute atomic E-state index is 12.0. The lowest BCUT2D eigenvalue weighted by atomic mass is 9.93. The van der Waals surface area contributed by atoms with Crippen LogP contribution in [0.15, 0.2) is 10.9 Å². The third-order valence-electron chi connectivity index (χ3n) is 2.86. The fourth-order valence-electron chi connectivity index (χ4n) is 1.90. The molecule has 18 heavy (non-hydrogen) atoms. The number of amides is 2. The van der Waals surface area contributed by atoms with Crippen molar-refractivity contribution in [1.82, 2.24) is 20.4 Å². The van der Waals surface area contributed by atoms with Crippen LogP contribution in [0.25, 0.3) is 0 Å². The molecule has 0 aromatic carbocycles. The van der Waals surface area contributed by atoms with Crippen LogP contribution < -0.4 is 5.32 Å². The second-order valence-corrected chi connectivity index (χ2v) is 5.17. The summed E-state index contributed by atoms with van der Waals surface area (Å²) in [7, 11) is 1.71.